The Bertz CT molecular complexity index is 528. The summed E-state index contributed by atoms with van der Waals surface area (Å²) >= 11 is 5.96. The SMILES string of the molecule is Cc1ccc(/C=C/C(=O)NCC[C@H](O)C(=O)O)cc1Cl. The van der Waals surface area contributed by atoms with Gasteiger partial charge in [-0.2, -0.15) is 0 Å². The predicted octanol–water partition coefficient (Wildman–Crippen LogP) is 1.61. The first-order chi connectivity index (χ1) is 9.40. The molecule has 0 aliphatic heterocycles. The Balaban J connectivity index is 2.43. The van der Waals surface area contributed by atoms with Gasteiger partial charge in [0.2, 0.25) is 5.91 Å². The highest BCUT2D eigenvalue weighted by atomic mass is 35.5. The second-order valence-electron chi connectivity index (χ2n) is 4.28. The molecular weight excluding hydrogens is 282 g/mol. The molecule has 3 N–H and O–H groups in total. The molecule has 0 bridgehead atoms. The molecule has 1 atom stereocenters. The van der Waals surface area contributed by atoms with Crippen molar-refractivity contribution in [3.8, 4) is 0 Å². The number of rotatable bonds is 6. The van der Waals surface area contributed by atoms with Gasteiger partial charge in [0.25, 0.3) is 0 Å². The van der Waals surface area contributed by atoms with Crippen molar-refractivity contribution in [3.05, 3.63) is 40.4 Å². The molecule has 0 spiro atoms. The van der Waals surface area contributed by atoms with Crippen LogP contribution < -0.4 is 5.32 Å². The second-order valence-corrected chi connectivity index (χ2v) is 4.68. The van der Waals surface area contributed by atoms with Crippen LogP contribution in [0.15, 0.2) is 24.3 Å². The Morgan fingerprint density at radius 2 is 2.15 bits per heavy atom. The fourth-order valence-corrected chi connectivity index (χ4v) is 1.59. The quantitative estimate of drug-likeness (QED) is 0.696. The summed E-state index contributed by atoms with van der Waals surface area (Å²) in [6.07, 6.45) is 1.43. The van der Waals surface area contributed by atoms with Gasteiger partial charge in [-0.25, -0.2) is 4.79 Å². The highest BCUT2D eigenvalue weighted by Crippen LogP contribution is 2.17. The second kappa shape index (κ2) is 7.67. The third-order valence-corrected chi connectivity index (χ3v) is 3.03. The third kappa shape index (κ3) is 5.42. The molecule has 6 heteroatoms. The van der Waals surface area contributed by atoms with E-state index in [1.165, 1.54) is 6.08 Å². The Morgan fingerprint density at radius 1 is 1.45 bits per heavy atom. The smallest absolute Gasteiger partial charge is 0.332 e. The Morgan fingerprint density at radius 3 is 2.75 bits per heavy atom. The zero-order valence-electron chi connectivity index (χ0n) is 11.0. The number of carbonyl (C=O) groups excluding carboxylic acids is 1. The summed E-state index contributed by atoms with van der Waals surface area (Å²) in [7, 11) is 0. The molecule has 0 aliphatic carbocycles. The van der Waals surface area contributed by atoms with E-state index < -0.39 is 12.1 Å². The summed E-state index contributed by atoms with van der Waals surface area (Å²) in [6.45, 7) is 1.97. The van der Waals surface area contributed by atoms with Gasteiger partial charge in [-0.3, -0.25) is 4.79 Å². The summed E-state index contributed by atoms with van der Waals surface area (Å²) in [6, 6.07) is 5.43. The summed E-state index contributed by atoms with van der Waals surface area (Å²) in [5.74, 6) is -1.66. The number of hydrogen-bond donors (Lipinski definition) is 3. The lowest BCUT2D eigenvalue weighted by Gasteiger charge is -2.05. The zero-order chi connectivity index (χ0) is 15.1. The van der Waals surface area contributed by atoms with Gasteiger partial charge in [-0.1, -0.05) is 23.7 Å². The van der Waals surface area contributed by atoms with Crippen molar-refractivity contribution in [2.45, 2.75) is 19.4 Å². The Hall–Kier alpha value is -1.85. The molecule has 0 aliphatic rings. The molecular formula is C14H16ClNO4. The maximum absolute atomic E-state index is 11.5. The normalized spacial score (nSPS) is 12.3. The maximum atomic E-state index is 11.5. The molecule has 0 saturated carbocycles. The monoisotopic (exact) mass is 297 g/mol. The van der Waals surface area contributed by atoms with Crippen LogP contribution in [0, 0.1) is 6.92 Å². The van der Waals surface area contributed by atoms with Crippen molar-refractivity contribution in [1.82, 2.24) is 5.32 Å². The molecule has 0 aromatic heterocycles. The van der Waals surface area contributed by atoms with Gasteiger partial charge in [-0.15, -0.1) is 0 Å². The van der Waals surface area contributed by atoms with Crippen molar-refractivity contribution < 1.29 is 19.8 Å². The van der Waals surface area contributed by atoms with Crippen LogP contribution in [0.1, 0.15) is 17.5 Å². The number of amides is 1. The van der Waals surface area contributed by atoms with Gasteiger partial charge in [0.05, 0.1) is 0 Å². The molecule has 108 valence electrons. The molecule has 5 nitrogen and oxygen atoms in total. The molecule has 0 radical (unpaired) electrons. The minimum atomic E-state index is -1.46. The van der Waals surface area contributed by atoms with Crippen LogP contribution in [0.3, 0.4) is 0 Å². The fraction of sp³-hybridized carbons (Fsp3) is 0.286. The number of carboxylic acids is 1. The standard InChI is InChI=1S/C14H16ClNO4/c1-9-2-3-10(8-11(9)15)4-5-13(18)16-7-6-12(17)14(19)20/h2-5,8,12,17H,6-7H2,1H3,(H,16,18)(H,19,20)/b5-4+/t12-/m0/s1. The van der Waals surface area contributed by atoms with Crippen molar-refractivity contribution in [2.24, 2.45) is 0 Å². The number of aliphatic hydroxyl groups is 1. The van der Waals surface area contributed by atoms with Gasteiger partial charge in [0.1, 0.15) is 0 Å². The number of hydrogen-bond acceptors (Lipinski definition) is 3. The first kappa shape index (κ1) is 16.2. The number of aryl methyl sites for hydroxylation is 1. The number of benzene rings is 1. The highest BCUT2D eigenvalue weighted by molar-refractivity contribution is 6.31. The molecule has 1 aromatic rings. The van der Waals surface area contributed by atoms with E-state index in [1.54, 1.807) is 12.1 Å². The van der Waals surface area contributed by atoms with Gasteiger partial charge in [-0.05, 0) is 30.2 Å². The summed E-state index contributed by atoms with van der Waals surface area (Å²) in [5, 5.41) is 20.6. The Kier molecular flexibility index (Phi) is 6.21. The van der Waals surface area contributed by atoms with Crippen LogP contribution in [0.25, 0.3) is 6.08 Å². The van der Waals surface area contributed by atoms with Crippen LogP contribution >= 0.6 is 11.6 Å². The molecule has 20 heavy (non-hydrogen) atoms. The number of carboxylic acid groups (broad SMARTS) is 1. The number of aliphatic carboxylic acids is 1. The first-order valence-corrected chi connectivity index (χ1v) is 6.41. The van der Waals surface area contributed by atoms with E-state index >= 15 is 0 Å². The van der Waals surface area contributed by atoms with E-state index in [2.05, 4.69) is 5.32 Å². The predicted molar refractivity (Wildman–Crippen MR) is 76.5 cm³/mol. The highest BCUT2D eigenvalue weighted by Gasteiger charge is 2.12. The van der Waals surface area contributed by atoms with Crippen molar-refractivity contribution in [3.63, 3.8) is 0 Å². The van der Waals surface area contributed by atoms with Gasteiger partial charge < -0.3 is 15.5 Å². The molecule has 0 fully saturated rings. The number of halogens is 1. The van der Waals surface area contributed by atoms with Crippen molar-refractivity contribution in [1.29, 1.82) is 0 Å². The Labute approximate surface area is 121 Å². The lowest BCUT2D eigenvalue weighted by Crippen LogP contribution is -2.28. The first-order valence-electron chi connectivity index (χ1n) is 6.03. The molecule has 0 unspecified atom stereocenters. The number of nitrogens with one attached hydrogen (secondary N) is 1. The molecule has 1 aromatic carbocycles. The lowest BCUT2D eigenvalue weighted by molar-refractivity contribution is -0.147. The van der Waals surface area contributed by atoms with Crippen LogP contribution in [0.4, 0.5) is 0 Å². The van der Waals surface area contributed by atoms with E-state index in [1.807, 2.05) is 19.1 Å². The van der Waals surface area contributed by atoms with Gasteiger partial charge in [0.15, 0.2) is 6.10 Å². The number of carbonyl (C=O) groups is 2. The topological polar surface area (TPSA) is 86.6 Å². The van der Waals surface area contributed by atoms with Crippen LogP contribution in [0.2, 0.25) is 5.02 Å². The molecule has 0 heterocycles. The van der Waals surface area contributed by atoms with E-state index in [4.69, 9.17) is 21.8 Å². The minimum Gasteiger partial charge on any atom is -0.479 e. The van der Waals surface area contributed by atoms with E-state index in [9.17, 15) is 9.59 Å². The van der Waals surface area contributed by atoms with Gasteiger partial charge >= 0.3 is 5.97 Å². The van der Waals surface area contributed by atoms with Crippen LogP contribution in [-0.2, 0) is 9.59 Å². The average Bonchev–Trinajstić information content (AvgIpc) is 2.40. The average molecular weight is 298 g/mol. The van der Waals surface area contributed by atoms with Gasteiger partial charge in [0, 0.05) is 24.1 Å². The van der Waals surface area contributed by atoms with E-state index in [-0.39, 0.29) is 18.9 Å². The fourth-order valence-electron chi connectivity index (χ4n) is 1.40. The summed E-state index contributed by atoms with van der Waals surface area (Å²) < 4.78 is 0. The van der Waals surface area contributed by atoms with Crippen LogP contribution in [0.5, 0.6) is 0 Å². The van der Waals surface area contributed by atoms with E-state index in [0.717, 1.165) is 11.1 Å². The molecule has 1 amide bonds. The third-order valence-electron chi connectivity index (χ3n) is 2.63. The van der Waals surface area contributed by atoms with E-state index in [0.29, 0.717) is 5.02 Å². The molecule has 0 saturated heterocycles. The van der Waals surface area contributed by atoms with Crippen LogP contribution in [-0.4, -0.2) is 34.7 Å². The zero-order valence-corrected chi connectivity index (χ0v) is 11.7. The summed E-state index contributed by atoms with van der Waals surface area (Å²) in [4.78, 5) is 21.8. The van der Waals surface area contributed by atoms with Crippen molar-refractivity contribution >= 4 is 29.6 Å². The maximum Gasteiger partial charge on any atom is 0.332 e. The lowest BCUT2D eigenvalue weighted by atomic mass is 10.1. The largest absolute Gasteiger partial charge is 0.479 e. The van der Waals surface area contributed by atoms with Crippen molar-refractivity contribution in [2.75, 3.05) is 6.54 Å². The minimum absolute atomic E-state index is 0.0364. The number of aliphatic hydroxyl groups excluding tert-OH is 1. The molecule has 1 rings (SSSR count). The summed E-state index contributed by atoms with van der Waals surface area (Å²) in [5.41, 5.74) is 1.75.